The van der Waals surface area contributed by atoms with Crippen LogP contribution in [0.1, 0.15) is 11.4 Å². The minimum atomic E-state index is 0.227. The van der Waals surface area contributed by atoms with Gasteiger partial charge in [0.25, 0.3) is 5.89 Å². The van der Waals surface area contributed by atoms with Gasteiger partial charge in [-0.25, -0.2) is 0 Å². The smallest absolute Gasteiger partial charge is 0.258 e. The van der Waals surface area contributed by atoms with Crippen LogP contribution in [0.3, 0.4) is 0 Å². The highest BCUT2D eigenvalue weighted by molar-refractivity contribution is 5.84. The lowest BCUT2D eigenvalue weighted by atomic mass is 10.1. The Morgan fingerprint density at radius 3 is 2.79 bits per heavy atom. The number of fused-ring (bicyclic) bond motifs is 1. The average Bonchev–Trinajstić information content (AvgIpc) is 3.09. The Bertz CT molecular complexity index is 989. The van der Waals surface area contributed by atoms with Gasteiger partial charge in [0.15, 0.2) is 6.61 Å². The molecule has 0 radical (unpaired) electrons. The summed E-state index contributed by atoms with van der Waals surface area (Å²) in [5.41, 5.74) is 2.84. The van der Waals surface area contributed by atoms with Gasteiger partial charge in [-0.3, -0.25) is 4.98 Å². The summed E-state index contributed by atoms with van der Waals surface area (Å²) < 4.78 is 11.2. The molecule has 118 valence electrons. The molecule has 2 aromatic carbocycles. The Hall–Kier alpha value is -3.21. The third kappa shape index (κ3) is 2.72. The van der Waals surface area contributed by atoms with Crippen LogP contribution >= 0.6 is 0 Å². The van der Waals surface area contributed by atoms with Crippen molar-refractivity contribution in [2.24, 2.45) is 0 Å². The number of hydrogen-bond acceptors (Lipinski definition) is 5. The molecule has 0 atom stereocenters. The summed E-state index contributed by atoms with van der Waals surface area (Å²) in [6.45, 7) is 2.24. The largest absolute Gasteiger partial charge is 0.483 e. The summed E-state index contributed by atoms with van der Waals surface area (Å²) in [5, 5.41) is 5.03. The van der Waals surface area contributed by atoms with Crippen molar-refractivity contribution in [3.05, 3.63) is 72.2 Å². The molecule has 5 nitrogen and oxygen atoms in total. The van der Waals surface area contributed by atoms with E-state index >= 15 is 0 Å². The van der Waals surface area contributed by atoms with Crippen molar-refractivity contribution >= 4 is 10.9 Å². The predicted octanol–water partition coefficient (Wildman–Crippen LogP) is 4.17. The third-order valence-electron chi connectivity index (χ3n) is 3.80. The maximum Gasteiger partial charge on any atom is 0.258 e. The molecule has 0 bridgehead atoms. The first-order chi connectivity index (χ1) is 11.8. The summed E-state index contributed by atoms with van der Waals surface area (Å²) >= 11 is 0. The van der Waals surface area contributed by atoms with Crippen LogP contribution < -0.4 is 4.74 Å². The highest BCUT2D eigenvalue weighted by Gasteiger charge is 2.12. The molecule has 0 aliphatic heterocycles. The lowest BCUT2D eigenvalue weighted by Crippen LogP contribution is -1.98. The number of aryl methyl sites for hydroxylation is 1. The molecule has 0 saturated heterocycles. The van der Waals surface area contributed by atoms with Gasteiger partial charge in [0.05, 0.1) is 0 Å². The van der Waals surface area contributed by atoms with Crippen molar-refractivity contribution < 1.29 is 9.26 Å². The van der Waals surface area contributed by atoms with Crippen molar-refractivity contribution in [1.82, 2.24) is 15.1 Å². The van der Waals surface area contributed by atoms with Crippen molar-refractivity contribution in [3.63, 3.8) is 0 Å². The van der Waals surface area contributed by atoms with Crippen LogP contribution in [0.15, 0.2) is 65.3 Å². The topological polar surface area (TPSA) is 61.0 Å². The molecule has 24 heavy (non-hydrogen) atoms. The number of benzene rings is 2. The highest BCUT2D eigenvalue weighted by atomic mass is 16.5. The maximum absolute atomic E-state index is 5.84. The van der Waals surface area contributed by atoms with Gasteiger partial charge >= 0.3 is 0 Å². The molecule has 0 saturated carbocycles. The number of hydrogen-bond donors (Lipinski definition) is 0. The highest BCUT2D eigenvalue weighted by Crippen LogP contribution is 2.24. The standard InChI is InChI=1S/C19H15N3O2/c1-13-6-2-3-9-15(13)19-21-17(22-24-19)12-23-16-10-4-7-14-8-5-11-20-18(14)16/h2-11H,12H2,1H3. The molecule has 0 spiro atoms. The first-order valence-electron chi connectivity index (χ1n) is 7.66. The fourth-order valence-electron chi connectivity index (χ4n) is 2.57. The molecule has 0 N–H and O–H groups in total. The molecule has 4 rings (SSSR count). The monoisotopic (exact) mass is 317 g/mol. The molecular formula is C19H15N3O2. The van der Waals surface area contributed by atoms with E-state index in [9.17, 15) is 0 Å². The second-order valence-corrected chi connectivity index (χ2v) is 5.45. The Labute approximate surface area is 138 Å². The van der Waals surface area contributed by atoms with Crippen molar-refractivity contribution in [2.45, 2.75) is 13.5 Å². The zero-order valence-corrected chi connectivity index (χ0v) is 13.1. The van der Waals surface area contributed by atoms with E-state index in [1.165, 1.54) is 0 Å². The minimum absolute atomic E-state index is 0.227. The second kappa shape index (κ2) is 6.12. The zero-order chi connectivity index (χ0) is 16.4. The Kier molecular flexibility index (Phi) is 3.67. The van der Waals surface area contributed by atoms with E-state index in [4.69, 9.17) is 9.26 Å². The SMILES string of the molecule is Cc1ccccc1-c1nc(COc2cccc3cccnc23)no1. The fourth-order valence-corrected chi connectivity index (χ4v) is 2.57. The predicted molar refractivity (Wildman–Crippen MR) is 90.5 cm³/mol. The van der Waals surface area contributed by atoms with Crippen LogP contribution in [0.2, 0.25) is 0 Å². The van der Waals surface area contributed by atoms with Crippen LogP contribution in [0.4, 0.5) is 0 Å². The number of ether oxygens (including phenoxy) is 1. The van der Waals surface area contributed by atoms with Crippen LogP contribution in [-0.4, -0.2) is 15.1 Å². The zero-order valence-electron chi connectivity index (χ0n) is 13.1. The van der Waals surface area contributed by atoms with Gasteiger partial charge in [0.2, 0.25) is 5.82 Å². The molecule has 0 amide bonds. The normalized spacial score (nSPS) is 10.9. The first kappa shape index (κ1) is 14.4. The van der Waals surface area contributed by atoms with Crippen molar-refractivity contribution in [3.8, 4) is 17.2 Å². The molecule has 0 aliphatic rings. The van der Waals surface area contributed by atoms with Crippen LogP contribution in [0.25, 0.3) is 22.4 Å². The quantitative estimate of drug-likeness (QED) is 0.565. The van der Waals surface area contributed by atoms with E-state index in [0.29, 0.717) is 17.5 Å². The van der Waals surface area contributed by atoms with Gasteiger partial charge in [-0.05, 0) is 30.7 Å². The molecule has 2 heterocycles. The summed E-state index contributed by atoms with van der Waals surface area (Å²) in [4.78, 5) is 8.78. The van der Waals surface area contributed by atoms with Gasteiger partial charge < -0.3 is 9.26 Å². The van der Waals surface area contributed by atoms with Crippen LogP contribution in [0.5, 0.6) is 5.75 Å². The number of pyridine rings is 1. The van der Waals surface area contributed by atoms with E-state index in [1.54, 1.807) is 6.20 Å². The van der Waals surface area contributed by atoms with Crippen LogP contribution in [-0.2, 0) is 6.61 Å². The number of rotatable bonds is 4. The first-order valence-corrected chi connectivity index (χ1v) is 7.66. The van der Waals surface area contributed by atoms with E-state index in [0.717, 1.165) is 22.0 Å². The van der Waals surface area contributed by atoms with Gasteiger partial charge in [0, 0.05) is 17.1 Å². The molecule has 2 aromatic heterocycles. The van der Waals surface area contributed by atoms with Gasteiger partial charge in [0.1, 0.15) is 11.3 Å². The van der Waals surface area contributed by atoms with E-state index in [-0.39, 0.29) is 6.61 Å². The third-order valence-corrected chi connectivity index (χ3v) is 3.80. The van der Waals surface area contributed by atoms with E-state index in [1.807, 2.05) is 61.5 Å². The second-order valence-electron chi connectivity index (χ2n) is 5.45. The van der Waals surface area contributed by atoms with Crippen molar-refractivity contribution in [1.29, 1.82) is 0 Å². The van der Waals surface area contributed by atoms with E-state index in [2.05, 4.69) is 15.1 Å². The molecule has 0 fully saturated rings. The summed E-state index contributed by atoms with van der Waals surface area (Å²) in [6, 6.07) is 17.6. The number of nitrogens with zero attached hydrogens (tertiary/aromatic N) is 3. The minimum Gasteiger partial charge on any atom is -0.483 e. The molecule has 0 aliphatic carbocycles. The Morgan fingerprint density at radius 1 is 1.00 bits per heavy atom. The molecule has 0 unspecified atom stereocenters. The molecule has 5 heteroatoms. The van der Waals surface area contributed by atoms with E-state index < -0.39 is 0 Å². The lowest BCUT2D eigenvalue weighted by Gasteiger charge is -2.06. The van der Waals surface area contributed by atoms with Gasteiger partial charge in [-0.1, -0.05) is 41.6 Å². The maximum atomic E-state index is 5.84. The Balaban J connectivity index is 1.56. The Morgan fingerprint density at radius 2 is 1.88 bits per heavy atom. The summed E-state index contributed by atoms with van der Waals surface area (Å²) in [6.07, 6.45) is 1.75. The number of aromatic nitrogens is 3. The summed E-state index contributed by atoms with van der Waals surface area (Å²) in [5.74, 6) is 1.71. The van der Waals surface area contributed by atoms with Crippen molar-refractivity contribution in [2.75, 3.05) is 0 Å². The molecule has 4 aromatic rings. The molecular weight excluding hydrogens is 302 g/mol. The van der Waals surface area contributed by atoms with Gasteiger partial charge in [-0.15, -0.1) is 0 Å². The average molecular weight is 317 g/mol. The number of para-hydroxylation sites is 1. The lowest BCUT2D eigenvalue weighted by molar-refractivity contribution is 0.290. The fraction of sp³-hybridized carbons (Fsp3) is 0.105. The summed E-state index contributed by atoms with van der Waals surface area (Å²) in [7, 11) is 0. The van der Waals surface area contributed by atoms with Crippen LogP contribution in [0, 0.1) is 6.92 Å². The van der Waals surface area contributed by atoms with Gasteiger partial charge in [-0.2, -0.15) is 4.98 Å².